The molecule has 1 aromatic rings. The Balaban J connectivity index is 2.07. The third-order valence-electron chi connectivity index (χ3n) is 3.95. The van der Waals surface area contributed by atoms with Crippen molar-refractivity contribution in [3.8, 4) is 0 Å². The van der Waals surface area contributed by atoms with Crippen LogP contribution in [0.3, 0.4) is 0 Å². The molecule has 1 aliphatic heterocycles. The standard InChI is InChI=1S/C15H20F3NO/c1-11-5-2-3-8-19(11)10-14(20)12-6-4-7-13(9-12)15(16,17)18/h4,6-7,9,11,14,20H,2-3,5,8,10H2,1H3. The monoisotopic (exact) mass is 287 g/mol. The van der Waals surface area contributed by atoms with E-state index in [0.29, 0.717) is 18.2 Å². The summed E-state index contributed by atoms with van der Waals surface area (Å²) in [5, 5.41) is 10.2. The molecule has 2 unspecified atom stereocenters. The van der Waals surface area contributed by atoms with E-state index < -0.39 is 17.8 Å². The number of aliphatic hydroxyl groups is 1. The third kappa shape index (κ3) is 3.73. The molecule has 112 valence electrons. The van der Waals surface area contributed by atoms with Crippen molar-refractivity contribution < 1.29 is 18.3 Å². The Morgan fingerprint density at radius 1 is 1.35 bits per heavy atom. The van der Waals surface area contributed by atoms with Gasteiger partial charge in [0.15, 0.2) is 0 Å². The molecule has 2 rings (SSSR count). The molecular formula is C15H20F3NO. The first-order chi connectivity index (χ1) is 9.38. The van der Waals surface area contributed by atoms with Crippen LogP contribution in [0.5, 0.6) is 0 Å². The summed E-state index contributed by atoms with van der Waals surface area (Å²) < 4.78 is 38.0. The molecule has 2 atom stereocenters. The number of nitrogens with zero attached hydrogens (tertiary/aromatic N) is 1. The van der Waals surface area contributed by atoms with Crippen LogP contribution in [0, 0.1) is 0 Å². The van der Waals surface area contributed by atoms with Crippen molar-refractivity contribution in [2.45, 2.75) is 44.5 Å². The second-order valence-corrected chi connectivity index (χ2v) is 5.48. The minimum Gasteiger partial charge on any atom is -0.387 e. The number of halogens is 3. The van der Waals surface area contributed by atoms with Crippen LogP contribution in [-0.2, 0) is 6.18 Å². The van der Waals surface area contributed by atoms with E-state index in [0.717, 1.165) is 31.5 Å². The topological polar surface area (TPSA) is 23.5 Å². The lowest BCUT2D eigenvalue weighted by Gasteiger charge is -2.34. The number of hydrogen-bond acceptors (Lipinski definition) is 2. The van der Waals surface area contributed by atoms with Gasteiger partial charge in [-0.05, 0) is 44.0 Å². The summed E-state index contributed by atoms with van der Waals surface area (Å²) in [6.45, 7) is 3.39. The van der Waals surface area contributed by atoms with Gasteiger partial charge in [-0.15, -0.1) is 0 Å². The second-order valence-electron chi connectivity index (χ2n) is 5.48. The number of benzene rings is 1. The Morgan fingerprint density at radius 3 is 2.75 bits per heavy atom. The predicted molar refractivity (Wildman–Crippen MR) is 71.3 cm³/mol. The lowest BCUT2D eigenvalue weighted by atomic mass is 10.0. The van der Waals surface area contributed by atoms with Gasteiger partial charge in [0, 0.05) is 12.6 Å². The van der Waals surface area contributed by atoms with Crippen molar-refractivity contribution in [1.29, 1.82) is 0 Å². The number of aliphatic hydroxyl groups excluding tert-OH is 1. The van der Waals surface area contributed by atoms with Gasteiger partial charge in [0.1, 0.15) is 0 Å². The first-order valence-corrected chi connectivity index (χ1v) is 6.97. The fraction of sp³-hybridized carbons (Fsp3) is 0.600. The number of hydrogen-bond donors (Lipinski definition) is 1. The van der Waals surface area contributed by atoms with Crippen LogP contribution < -0.4 is 0 Å². The summed E-state index contributed by atoms with van der Waals surface area (Å²) >= 11 is 0. The van der Waals surface area contributed by atoms with Crippen molar-refractivity contribution in [1.82, 2.24) is 4.90 Å². The van der Waals surface area contributed by atoms with E-state index in [2.05, 4.69) is 11.8 Å². The van der Waals surface area contributed by atoms with E-state index in [4.69, 9.17) is 0 Å². The van der Waals surface area contributed by atoms with Gasteiger partial charge in [0.2, 0.25) is 0 Å². The first-order valence-electron chi connectivity index (χ1n) is 6.97. The largest absolute Gasteiger partial charge is 0.416 e. The lowest BCUT2D eigenvalue weighted by Crippen LogP contribution is -2.40. The zero-order chi connectivity index (χ0) is 14.8. The van der Waals surface area contributed by atoms with Crippen molar-refractivity contribution in [3.05, 3.63) is 35.4 Å². The Morgan fingerprint density at radius 2 is 2.10 bits per heavy atom. The van der Waals surface area contributed by atoms with Gasteiger partial charge in [-0.1, -0.05) is 18.6 Å². The van der Waals surface area contributed by atoms with Gasteiger partial charge < -0.3 is 5.11 Å². The molecule has 2 nitrogen and oxygen atoms in total. The van der Waals surface area contributed by atoms with Crippen molar-refractivity contribution in [3.63, 3.8) is 0 Å². The molecule has 1 heterocycles. The normalized spacial score (nSPS) is 22.8. The zero-order valence-electron chi connectivity index (χ0n) is 11.5. The average molecular weight is 287 g/mol. The van der Waals surface area contributed by atoms with E-state index in [1.165, 1.54) is 12.5 Å². The molecule has 0 amide bonds. The van der Waals surface area contributed by atoms with E-state index in [1.807, 2.05) is 0 Å². The molecule has 0 aliphatic carbocycles. The van der Waals surface area contributed by atoms with Gasteiger partial charge in [-0.3, -0.25) is 4.90 Å². The van der Waals surface area contributed by atoms with Gasteiger partial charge in [0.25, 0.3) is 0 Å². The number of likely N-dealkylation sites (tertiary alicyclic amines) is 1. The Kier molecular flexibility index (Phi) is 4.70. The van der Waals surface area contributed by atoms with E-state index in [1.54, 1.807) is 6.07 Å². The second kappa shape index (κ2) is 6.14. The number of rotatable bonds is 3. The van der Waals surface area contributed by atoms with Crippen molar-refractivity contribution >= 4 is 0 Å². The fourth-order valence-electron chi connectivity index (χ4n) is 2.68. The van der Waals surface area contributed by atoms with Crippen LogP contribution in [0.15, 0.2) is 24.3 Å². The highest BCUT2D eigenvalue weighted by molar-refractivity contribution is 5.27. The summed E-state index contributed by atoms with van der Waals surface area (Å²) in [4.78, 5) is 2.15. The predicted octanol–water partition coefficient (Wildman–Crippen LogP) is 3.61. The highest BCUT2D eigenvalue weighted by Crippen LogP contribution is 2.31. The maximum atomic E-state index is 12.7. The molecule has 1 saturated heterocycles. The molecule has 0 spiro atoms. The minimum atomic E-state index is -4.37. The summed E-state index contributed by atoms with van der Waals surface area (Å²) in [7, 11) is 0. The molecule has 0 bridgehead atoms. The summed E-state index contributed by atoms with van der Waals surface area (Å²) in [5.74, 6) is 0. The summed E-state index contributed by atoms with van der Waals surface area (Å²) in [6.07, 6.45) is -1.90. The van der Waals surface area contributed by atoms with Crippen LogP contribution in [0.2, 0.25) is 0 Å². The Hall–Kier alpha value is -1.07. The molecular weight excluding hydrogens is 267 g/mol. The van der Waals surface area contributed by atoms with E-state index in [9.17, 15) is 18.3 Å². The van der Waals surface area contributed by atoms with Gasteiger partial charge in [-0.2, -0.15) is 13.2 Å². The maximum Gasteiger partial charge on any atom is 0.416 e. The summed E-state index contributed by atoms with van der Waals surface area (Å²) in [5.41, 5.74) is -0.377. The van der Waals surface area contributed by atoms with Crippen LogP contribution in [0.1, 0.15) is 43.4 Å². The third-order valence-corrected chi connectivity index (χ3v) is 3.95. The van der Waals surface area contributed by atoms with Crippen molar-refractivity contribution in [2.24, 2.45) is 0 Å². The molecule has 1 aliphatic rings. The van der Waals surface area contributed by atoms with Crippen LogP contribution in [-0.4, -0.2) is 29.1 Å². The van der Waals surface area contributed by atoms with Crippen LogP contribution >= 0.6 is 0 Å². The molecule has 0 radical (unpaired) electrons. The van der Waals surface area contributed by atoms with E-state index in [-0.39, 0.29) is 0 Å². The smallest absolute Gasteiger partial charge is 0.387 e. The molecule has 1 fully saturated rings. The van der Waals surface area contributed by atoms with Gasteiger partial charge >= 0.3 is 6.18 Å². The van der Waals surface area contributed by atoms with Crippen molar-refractivity contribution in [2.75, 3.05) is 13.1 Å². The number of piperidine rings is 1. The SMILES string of the molecule is CC1CCCCN1CC(O)c1cccc(C(F)(F)F)c1. The Bertz CT molecular complexity index is 447. The molecule has 1 N–H and O–H groups in total. The summed E-state index contributed by atoms with van der Waals surface area (Å²) in [6, 6.07) is 5.35. The highest BCUT2D eigenvalue weighted by atomic mass is 19.4. The minimum absolute atomic E-state index is 0.331. The van der Waals surface area contributed by atoms with Gasteiger partial charge in [-0.25, -0.2) is 0 Å². The quantitative estimate of drug-likeness (QED) is 0.918. The van der Waals surface area contributed by atoms with Crippen LogP contribution in [0.25, 0.3) is 0 Å². The molecule has 5 heteroatoms. The number of β-amino-alcohol motifs (C(OH)–C–C–N with tert-alkyl or cyclic N) is 1. The number of alkyl halides is 3. The first kappa shape index (κ1) is 15.3. The molecule has 0 aromatic heterocycles. The van der Waals surface area contributed by atoms with Crippen LogP contribution in [0.4, 0.5) is 13.2 Å². The molecule has 20 heavy (non-hydrogen) atoms. The molecule has 0 saturated carbocycles. The van der Waals surface area contributed by atoms with E-state index >= 15 is 0 Å². The maximum absolute atomic E-state index is 12.7. The average Bonchev–Trinajstić information content (AvgIpc) is 2.40. The Labute approximate surface area is 117 Å². The zero-order valence-corrected chi connectivity index (χ0v) is 11.5. The van der Waals surface area contributed by atoms with Gasteiger partial charge in [0.05, 0.1) is 11.7 Å². The highest BCUT2D eigenvalue weighted by Gasteiger charge is 2.31. The molecule has 1 aromatic carbocycles. The lowest BCUT2D eigenvalue weighted by molar-refractivity contribution is -0.137. The fourth-order valence-corrected chi connectivity index (χ4v) is 2.68.